The third kappa shape index (κ3) is 4.53. The van der Waals surface area contributed by atoms with Crippen LogP contribution < -0.4 is 0 Å². The number of hydrogen-bond acceptors (Lipinski definition) is 0. The number of fused-ring (bicyclic) bond motifs is 11. The van der Waals surface area contributed by atoms with Crippen LogP contribution in [0.25, 0.3) is 88.3 Å². The summed E-state index contributed by atoms with van der Waals surface area (Å²) in [5, 5.41) is 5.25. The highest BCUT2D eigenvalue weighted by molar-refractivity contribution is 6.14. The van der Waals surface area contributed by atoms with Crippen LogP contribution in [0.15, 0.2) is 182 Å². The average molecular weight is 715 g/mol. The van der Waals surface area contributed by atoms with Gasteiger partial charge in [-0.25, -0.2) is 0 Å². The monoisotopic (exact) mass is 714 g/mol. The lowest BCUT2D eigenvalue weighted by molar-refractivity contribution is 0.601. The van der Waals surface area contributed by atoms with Crippen molar-refractivity contribution in [3.63, 3.8) is 0 Å². The minimum Gasteiger partial charge on any atom is -0.0622 e. The van der Waals surface area contributed by atoms with Crippen LogP contribution in [0.3, 0.4) is 0 Å². The lowest BCUT2D eigenvalue weighted by atomic mass is 9.72. The molecular weight excluding hydrogens is 673 g/mol. The van der Waals surface area contributed by atoms with Crippen molar-refractivity contribution in [2.24, 2.45) is 0 Å². The molecule has 11 rings (SSSR count). The van der Waals surface area contributed by atoms with Crippen molar-refractivity contribution in [3.8, 4) is 66.8 Å². The maximum atomic E-state index is 2.54. The van der Waals surface area contributed by atoms with E-state index in [2.05, 4.69) is 210 Å². The molecule has 0 aromatic heterocycles. The van der Waals surface area contributed by atoms with E-state index in [1.807, 2.05) is 0 Å². The summed E-state index contributed by atoms with van der Waals surface area (Å²) in [6, 6.07) is 67.7. The molecule has 2 aliphatic carbocycles. The molecule has 266 valence electrons. The van der Waals surface area contributed by atoms with Gasteiger partial charge in [0.1, 0.15) is 0 Å². The number of benzene rings is 9. The van der Waals surface area contributed by atoms with Crippen molar-refractivity contribution in [2.45, 2.75) is 38.5 Å². The molecular formula is C56H42. The minimum atomic E-state index is -0.228. The van der Waals surface area contributed by atoms with E-state index < -0.39 is 0 Å². The summed E-state index contributed by atoms with van der Waals surface area (Å²) in [5.41, 5.74) is 21.0. The van der Waals surface area contributed by atoms with Gasteiger partial charge in [0, 0.05) is 10.8 Å². The van der Waals surface area contributed by atoms with Gasteiger partial charge in [0.25, 0.3) is 0 Å². The van der Waals surface area contributed by atoms with Gasteiger partial charge in [0.2, 0.25) is 0 Å². The first-order valence-electron chi connectivity index (χ1n) is 19.9. The van der Waals surface area contributed by atoms with Crippen LogP contribution in [0.4, 0.5) is 0 Å². The molecule has 2 aliphatic rings. The molecule has 0 radical (unpaired) electrons. The molecule has 0 N–H and O–H groups in total. The van der Waals surface area contributed by atoms with Gasteiger partial charge in [0.15, 0.2) is 0 Å². The molecule has 9 aromatic rings. The van der Waals surface area contributed by atoms with E-state index in [1.165, 1.54) is 111 Å². The van der Waals surface area contributed by atoms with Crippen molar-refractivity contribution in [2.75, 3.05) is 0 Å². The fourth-order valence-corrected chi connectivity index (χ4v) is 10.5. The van der Waals surface area contributed by atoms with Gasteiger partial charge in [-0.3, -0.25) is 0 Å². The molecule has 56 heavy (non-hydrogen) atoms. The van der Waals surface area contributed by atoms with Crippen LogP contribution in [-0.4, -0.2) is 0 Å². The van der Waals surface area contributed by atoms with Crippen LogP contribution in [0.2, 0.25) is 0 Å². The molecule has 0 nitrogen and oxygen atoms in total. The Hall–Kier alpha value is -6.50. The van der Waals surface area contributed by atoms with E-state index in [1.54, 1.807) is 0 Å². The maximum absolute atomic E-state index is 2.54. The predicted octanol–water partition coefficient (Wildman–Crippen LogP) is 15.3. The van der Waals surface area contributed by atoms with Gasteiger partial charge in [-0.05, 0) is 123 Å². The van der Waals surface area contributed by atoms with E-state index in [4.69, 9.17) is 0 Å². The molecule has 0 aliphatic heterocycles. The van der Waals surface area contributed by atoms with Gasteiger partial charge in [-0.1, -0.05) is 198 Å². The molecule has 0 heterocycles. The molecule has 0 fully saturated rings. The fraction of sp³-hybridized carbons (Fsp3) is 0.107. The Kier molecular flexibility index (Phi) is 7.05. The highest BCUT2D eigenvalue weighted by atomic mass is 14.5. The topological polar surface area (TPSA) is 0 Å². The zero-order valence-corrected chi connectivity index (χ0v) is 32.3. The normalized spacial score (nSPS) is 14.4. The van der Waals surface area contributed by atoms with E-state index in [-0.39, 0.29) is 10.8 Å². The fourth-order valence-electron chi connectivity index (χ4n) is 10.5. The van der Waals surface area contributed by atoms with Crippen molar-refractivity contribution < 1.29 is 0 Å². The highest BCUT2D eigenvalue weighted by Gasteiger charge is 2.47. The quantitative estimate of drug-likeness (QED) is 0.170. The SMILES string of the molecule is CC1(C)c2cc(-c3ccccc3-c3ccccc3)c3ccccc3c2-c2ccc3c(c21)C(C)(C)c1cc(-c2ccccc2-c2ccccc2)c2ccccc2c1-3. The first kappa shape index (κ1) is 32.9. The molecule has 0 unspecified atom stereocenters. The van der Waals surface area contributed by atoms with Gasteiger partial charge in [-0.15, -0.1) is 0 Å². The minimum absolute atomic E-state index is 0.228. The summed E-state index contributed by atoms with van der Waals surface area (Å²) in [4.78, 5) is 0. The van der Waals surface area contributed by atoms with Crippen molar-refractivity contribution in [1.82, 2.24) is 0 Å². The number of rotatable bonds is 4. The first-order chi connectivity index (χ1) is 27.3. The predicted molar refractivity (Wildman–Crippen MR) is 238 cm³/mol. The molecule has 0 spiro atoms. The molecule has 0 atom stereocenters. The van der Waals surface area contributed by atoms with Gasteiger partial charge in [0.05, 0.1) is 0 Å². The van der Waals surface area contributed by atoms with Gasteiger partial charge < -0.3 is 0 Å². The van der Waals surface area contributed by atoms with Crippen molar-refractivity contribution in [1.29, 1.82) is 0 Å². The van der Waals surface area contributed by atoms with Crippen molar-refractivity contribution >= 4 is 21.5 Å². The lowest BCUT2D eigenvalue weighted by Crippen LogP contribution is -2.24. The Balaban J connectivity index is 1.16. The third-order valence-electron chi connectivity index (χ3n) is 13.0. The first-order valence-corrected chi connectivity index (χ1v) is 19.9. The van der Waals surface area contributed by atoms with E-state index in [0.717, 1.165) is 0 Å². The highest BCUT2D eigenvalue weighted by Crippen LogP contribution is 2.62. The van der Waals surface area contributed by atoms with Crippen LogP contribution in [-0.2, 0) is 10.8 Å². The van der Waals surface area contributed by atoms with Gasteiger partial charge in [-0.2, -0.15) is 0 Å². The lowest BCUT2D eigenvalue weighted by Gasteiger charge is -2.31. The summed E-state index contributed by atoms with van der Waals surface area (Å²) < 4.78 is 0. The summed E-state index contributed by atoms with van der Waals surface area (Å²) >= 11 is 0. The van der Waals surface area contributed by atoms with E-state index >= 15 is 0 Å². The van der Waals surface area contributed by atoms with Crippen molar-refractivity contribution in [3.05, 3.63) is 204 Å². The zero-order valence-electron chi connectivity index (χ0n) is 32.3. The van der Waals surface area contributed by atoms with E-state index in [9.17, 15) is 0 Å². The van der Waals surface area contributed by atoms with Crippen LogP contribution in [0.1, 0.15) is 49.9 Å². The Morgan fingerprint density at radius 3 is 0.982 bits per heavy atom. The van der Waals surface area contributed by atoms with Crippen LogP contribution in [0, 0.1) is 0 Å². The Bertz CT molecular complexity index is 2840. The molecule has 0 amide bonds. The largest absolute Gasteiger partial charge is 0.0622 e. The Morgan fingerprint density at radius 1 is 0.268 bits per heavy atom. The van der Waals surface area contributed by atoms with Crippen LogP contribution in [0.5, 0.6) is 0 Å². The zero-order chi connectivity index (χ0) is 37.8. The maximum Gasteiger partial charge on any atom is 0.0162 e. The summed E-state index contributed by atoms with van der Waals surface area (Å²) in [6.45, 7) is 9.88. The van der Waals surface area contributed by atoms with E-state index in [0.29, 0.717) is 0 Å². The summed E-state index contributed by atoms with van der Waals surface area (Å²) in [7, 11) is 0. The second-order valence-electron chi connectivity index (χ2n) is 16.8. The molecule has 0 saturated carbocycles. The summed E-state index contributed by atoms with van der Waals surface area (Å²) in [6.07, 6.45) is 0. The smallest absolute Gasteiger partial charge is 0.0162 e. The molecule has 0 bridgehead atoms. The van der Waals surface area contributed by atoms with Gasteiger partial charge >= 0.3 is 0 Å². The second-order valence-corrected chi connectivity index (χ2v) is 16.8. The van der Waals surface area contributed by atoms with Crippen LogP contribution >= 0.6 is 0 Å². The Morgan fingerprint density at radius 2 is 0.589 bits per heavy atom. The Labute approximate surface area is 329 Å². The third-order valence-corrected chi connectivity index (χ3v) is 13.0. The number of hydrogen-bond donors (Lipinski definition) is 0. The summed E-state index contributed by atoms with van der Waals surface area (Å²) in [5.74, 6) is 0. The molecule has 0 heteroatoms. The molecule has 9 aromatic carbocycles. The average Bonchev–Trinajstić information content (AvgIpc) is 3.62. The second kappa shape index (κ2) is 12.0. The molecule has 0 saturated heterocycles. The standard InChI is InChI=1S/C56H42/c1-55(2)49-33-47(39-25-13-11-23-37(39)35-19-7-5-8-20-35)41-27-15-17-29-43(41)51(49)45-31-32-46-52-44-30-18-16-28-42(44)48(34-50(52)56(3,4)54(46)53(45)55)40-26-14-12-24-38(40)36-21-9-6-10-22-36/h5-34H,1-4H3.